The van der Waals surface area contributed by atoms with Crippen molar-refractivity contribution in [2.45, 2.75) is 19.3 Å². The molecule has 0 bridgehead atoms. The molecule has 0 heterocycles. The van der Waals surface area contributed by atoms with Crippen LogP contribution in [-0.2, 0) is 9.59 Å². The number of hydrogen-bond donors (Lipinski definition) is 0. The number of hydrogen-bond acceptors (Lipinski definition) is 3. The second kappa shape index (κ2) is 4.21. The number of Topliss-reactive ketones (excluding diaryl/α,β-unsaturated/α-hetero) is 1. The van der Waals surface area contributed by atoms with Gasteiger partial charge < -0.3 is 9.69 Å². The van der Waals surface area contributed by atoms with Crippen LogP contribution in [0.3, 0.4) is 0 Å². The molecular weight excluding hydrogens is 166 g/mol. The molecule has 0 amide bonds. The molecule has 1 fully saturated rings. The third-order valence-electron chi connectivity index (χ3n) is 2.19. The van der Waals surface area contributed by atoms with Crippen LogP contribution in [0.4, 0.5) is 0 Å². The lowest BCUT2D eigenvalue weighted by molar-refractivity contribution is -0.118. The molecule has 0 aromatic carbocycles. The zero-order valence-electron chi connectivity index (χ0n) is 8.12. The van der Waals surface area contributed by atoms with Gasteiger partial charge in [0.05, 0.1) is 0 Å². The van der Waals surface area contributed by atoms with Crippen molar-refractivity contribution >= 4 is 12.1 Å². The lowest BCUT2D eigenvalue weighted by atomic mass is 9.86. The second-order valence-corrected chi connectivity index (χ2v) is 3.68. The number of allylic oxidation sites excluding steroid dienone is 1. The first-order valence-electron chi connectivity index (χ1n) is 4.49. The number of ketones is 1. The smallest absolute Gasteiger partial charge is 0.160 e. The minimum Gasteiger partial charge on any atom is -0.383 e. The molecular formula is C10H15NO2. The fourth-order valence-electron chi connectivity index (χ4n) is 1.53. The Balaban J connectivity index is 2.70. The van der Waals surface area contributed by atoms with Crippen molar-refractivity contribution in [3.8, 4) is 0 Å². The fourth-order valence-corrected chi connectivity index (χ4v) is 1.53. The van der Waals surface area contributed by atoms with E-state index >= 15 is 0 Å². The summed E-state index contributed by atoms with van der Waals surface area (Å²) in [5.74, 6) is 0.232. The lowest BCUT2D eigenvalue weighted by Crippen LogP contribution is -2.19. The van der Waals surface area contributed by atoms with Crippen LogP contribution < -0.4 is 0 Å². The van der Waals surface area contributed by atoms with Crippen LogP contribution in [0.25, 0.3) is 0 Å². The van der Waals surface area contributed by atoms with Crippen molar-refractivity contribution in [1.82, 2.24) is 4.90 Å². The molecule has 0 radical (unpaired) electrons. The van der Waals surface area contributed by atoms with Gasteiger partial charge >= 0.3 is 0 Å². The first-order chi connectivity index (χ1) is 6.13. The maximum Gasteiger partial charge on any atom is 0.160 e. The van der Waals surface area contributed by atoms with E-state index in [-0.39, 0.29) is 11.7 Å². The monoisotopic (exact) mass is 181 g/mol. The topological polar surface area (TPSA) is 37.4 Å². The summed E-state index contributed by atoms with van der Waals surface area (Å²) in [6.07, 6.45) is 4.62. The van der Waals surface area contributed by atoms with E-state index in [0.29, 0.717) is 19.3 Å². The van der Waals surface area contributed by atoms with E-state index in [1.54, 1.807) is 0 Å². The number of aldehydes is 1. The molecule has 1 saturated carbocycles. The molecule has 0 spiro atoms. The van der Waals surface area contributed by atoms with Gasteiger partial charge in [0.2, 0.25) is 0 Å². The molecule has 1 rings (SSSR count). The summed E-state index contributed by atoms with van der Waals surface area (Å²) in [6.45, 7) is 0. The summed E-state index contributed by atoms with van der Waals surface area (Å²) in [6, 6.07) is 0. The molecule has 0 saturated heterocycles. The van der Waals surface area contributed by atoms with Crippen molar-refractivity contribution in [2.24, 2.45) is 5.92 Å². The van der Waals surface area contributed by atoms with E-state index in [0.717, 1.165) is 11.9 Å². The lowest BCUT2D eigenvalue weighted by Gasteiger charge is -2.19. The van der Waals surface area contributed by atoms with Crippen molar-refractivity contribution in [3.05, 3.63) is 11.8 Å². The highest BCUT2D eigenvalue weighted by molar-refractivity contribution is 5.96. The van der Waals surface area contributed by atoms with E-state index < -0.39 is 0 Å². The molecule has 13 heavy (non-hydrogen) atoms. The molecule has 72 valence electrons. The summed E-state index contributed by atoms with van der Waals surface area (Å²) in [5.41, 5.74) is 0.786. The minimum atomic E-state index is 0.0453. The van der Waals surface area contributed by atoms with Gasteiger partial charge in [-0.2, -0.15) is 0 Å². The van der Waals surface area contributed by atoms with Crippen LogP contribution in [0, 0.1) is 5.92 Å². The van der Waals surface area contributed by atoms with Crippen LogP contribution in [0.15, 0.2) is 11.8 Å². The Morgan fingerprint density at radius 2 is 2.15 bits per heavy atom. The second-order valence-electron chi connectivity index (χ2n) is 3.68. The molecule has 0 N–H and O–H groups in total. The van der Waals surface area contributed by atoms with Crippen LogP contribution in [0.5, 0.6) is 0 Å². The highest BCUT2D eigenvalue weighted by atomic mass is 16.1. The Hall–Kier alpha value is -1.12. The third-order valence-corrected chi connectivity index (χ3v) is 2.19. The summed E-state index contributed by atoms with van der Waals surface area (Å²) >= 11 is 0. The van der Waals surface area contributed by atoms with Gasteiger partial charge in [0, 0.05) is 38.2 Å². The molecule has 0 aliphatic heterocycles. The number of rotatable bonds is 2. The first kappa shape index (κ1) is 9.96. The summed E-state index contributed by atoms with van der Waals surface area (Å²) in [4.78, 5) is 23.8. The van der Waals surface area contributed by atoms with Gasteiger partial charge in [-0.25, -0.2) is 0 Å². The fraction of sp³-hybridized carbons (Fsp3) is 0.600. The quantitative estimate of drug-likeness (QED) is 0.471. The van der Waals surface area contributed by atoms with Gasteiger partial charge in [-0.05, 0) is 12.8 Å². The van der Waals surface area contributed by atoms with Crippen LogP contribution in [-0.4, -0.2) is 31.1 Å². The SMILES string of the molecule is CN(C)/C=C1\CC(C=O)CCC1=O. The Kier molecular flexibility index (Phi) is 3.23. The Morgan fingerprint density at radius 3 is 2.69 bits per heavy atom. The average Bonchev–Trinajstić information content (AvgIpc) is 2.08. The predicted octanol–water partition coefficient (Wildman–Crippen LogP) is 1.00. The van der Waals surface area contributed by atoms with Crippen molar-refractivity contribution in [3.63, 3.8) is 0 Å². The Bertz CT molecular complexity index is 243. The molecule has 1 aliphatic rings. The molecule has 3 heteroatoms. The Morgan fingerprint density at radius 1 is 1.46 bits per heavy atom. The van der Waals surface area contributed by atoms with Gasteiger partial charge in [0.1, 0.15) is 6.29 Å². The first-order valence-corrected chi connectivity index (χ1v) is 4.49. The van der Waals surface area contributed by atoms with Crippen LogP contribution in [0.2, 0.25) is 0 Å². The predicted molar refractivity (Wildman–Crippen MR) is 50.2 cm³/mol. The summed E-state index contributed by atoms with van der Waals surface area (Å²) < 4.78 is 0. The maximum absolute atomic E-state index is 11.4. The van der Waals surface area contributed by atoms with Gasteiger partial charge in [-0.3, -0.25) is 4.79 Å². The van der Waals surface area contributed by atoms with Gasteiger partial charge in [-0.1, -0.05) is 0 Å². The molecule has 1 atom stereocenters. The van der Waals surface area contributed by atoms with Crippen molar-refractivity contribution in [1.29, 1.82) is 0 Å². The number of carbonyl (C=O) groups is 2. The zero-order chi connectivity index (χ0) is 9.84. The van der Waals surface area contributed by atoms with Crippen molar-refractivity contribution < 1.29 is 9.59 Å². The highest BCUT2D eigenvalue weighted by Crippen LogP contribution is 2.24. The third kappa shape index (κ3) is 2.68. The largest absolute Gasteiger partial charge is 0.383 e. The van der Waals surface area contributed by atoms with E-state index in [4.69, 9.17) is 0 Å². The van der Waals surface area contributed by atoms with Crippen LogP contribution >= 0.6 is 0 Å². The van der Waals surface area contributed by atoms with Crippen molar-refractivity contribution in [2.75, 3.05) is 14.1 Å². The molecule has 0 aromatic heterocycles. The molecule has 3 nitrogen and oxygen atoms in total. The van der Waals surface area contributed by atoms with E-state index in [2.05, 4.69) is 0 Å². The van der Waals surface area contributed by atoms with E-state index in [1.807, 2.05) is 25.2 Å². The molecule has 0 aromatic rings. The minimum absolute atomic E-state index is 0.0453. The number of carbonyl (C=O) groups excluding carboxylic acids is 2. The van der Waals surface area contributed by atoms with Gasteiger partial charge in [0.15, 0.2) is 5.78 Å². The molecule has 1 unspecified atom stereocenters. The summed E-state index contributed by atoms with van der Waals surface area (Å²) in [5, 5.41) is 0. The Labute approximate surface area is 78.4 Å². The highest BCUT2D eigenvalue weighted by Gasteiger charge is 2.22. The maximum atomic E-state index is 11.4. The van der Waals surface area contributed by atoms with Crippen LogP contribution in [0.1, 0.15) is 19.3 Å². The normalized spacial score (nSPS) is 26.2. The number of nitrogens with zero attached hydrogens (tertiary/aromatic N) is 1. The summed E-state index contributed by atoms with van der Waals surface area (Å²) in [7, 11) is 3.76. The van der Waals surface area contributed by atoms with Gasteiger partial charge in [-0.15, -0.1) is 0 Å². The van der Waals surface area contributed by atoms with Gasteiger partial charge in [0.25, 0.3) is 0 Å². The average molecular weight is 181 g/mol. The van der Waals surface area contributed by atoms with E-state index in [9.17, 15) is 9.59 Å². The van der Waals surface area contributed by atoms with E-state index in [1.165, 1.54) is 0 Å². The standard InChI is InChI=1S/C10H15NO2/c1-11(2)6-9-5-8(7-12)3-4-10(9)13/h6-8H,3-5H2,1-2H3/b9-6+. The zero-order valence-corrected chi connectivity index (χ0v) is 8.12. The molecule has 1 aliphatic carbocycles.